The number of hydrogen-bond donors (Lipinski definition) is 0. The standard InChI is InChI=1S/C15H15N3O4/c1-2-22-14(21)11-8-12(19)17(10-6-4-3-5-7-10)15-16-9-13(20)18(11)15/h3-7,11H,2,8-9H2,1H3. The lowest BCUT2D eigenvalue weighted by atomic mass is 10.1. The second kappa shape index (κ2) is 5.59. The van der Waals surface area contributed by atoms with Crippen LogP contribution in [0.2, 0.25) is 0 Å². The molecule has 0 aliphatic carbocycles. The zero-order valence-electron chi connectivity index (χ0n) is 12.1. The second-order valence-electron chi connectivity index (χ2n) is 4.92. The molecule has 2 aliphatic heterocycles. The van der Waals surface area contributed by atoms with Crippen molar-refractivity contribution in [1.29, 1.82) is 0 Å². The largest absolute Gasteiger partial charge is 0.464 e. The molecule has 7 heteroatoms. The molecule has 22 heavy (non-hydrogen) atoms. The van der Waals surface area contributed by atoms with Crippen LogP contribution in [-0.2, 0) is 19.1 Å². The third-order valence-electron chi connectivity index (χ3n) is 3.54. The molecule has 0 saturated carbocycles. The molecule has 2 aliphatic rings. The zero-order chi connectivity index (χ0) is 15.7. The Morgan fingerprint density at radius 3 is 2.68 bits per heavy atom. The highest BCUT2D eigenvalue weighted by Gasteiger charge is 2.47. The maximum atomic E-state index is 12.5. The molecule has 0 spiro atoms. The minimum atomic E-state index is -0.929. The molecule has 0 aromatic heterocycles. The monoisotopic (exact) mass is 301 g/mol. The highest BCUT2D eigenvalue weighted by Crippen LogP contribution is 2.27. The summed E-state index contributed by atoms with van der Waals surface area (Å²) in [5.41, 5.74) is 0.619. The summed E-state index contributed by atoms with van der Waals surface area (Å²) in [6.45, 7) is 1.81. The average molecular weight is 301 g/mol. The maximum Gasteiger partial charge on any atom is 0.329 e. The van der Waals surface area contributed by atoms with Gasteiger partial charge in [-0.2, -0.15) is 0 Å². The second-order valence-corrected chi connectivity index (χ2v) is 4.92. The first kappa shape index (κ1) is 14.2. The van der Waals surface area contributed by atoms with Gasteiger partial charge < -0.3 is 4.74 Å². The van der Waals surface area contributed by atoms with Crippen molar-refractivity contribution >= 4 is 29.4 Å². The lowest BCUT2D eigenvalue weighted by Crippen LogP contribution is -2.60. The average Bonchev–Trinajstić information content (AvgIpc) is 2.89. The molecule has 1 aromatic carbocycles. The number of ether oxygens (including phenoxy) is 1. The van der Waals surface area contributed by atoms with Gasteiger partial charge in [0, 0.05) is 0 Å². The molecule has 7 nitrogen and oxygen atoms in total. The summed E-state index contributed by atoms with van der Waals surface area (Å²) in [6, 6.07) is 8.00. The van der Waals surface area contributed by atoms with Crippen molar-refractivity contribution in [2.24, 2.45) is 4.99 Å². The van der Waals surface area contributed by atoms with Crippen molar-refractivity contribution in [3.63, 3.8) is 0 Å². The maximum absolute atomic E-state index is 12.5. The zero-order valence-corrected chi connectivity index (χ0v) is 12.1. The van der Waals surface area contributed by atoms with Crippen molar-refractivity contribution in [3.05, 3.63) is 30.3 Å². The summed E-state index contributed by atoms with van der Waals surface area (Å²) in [5.74, 6) is -0.965. The number of anilines is 1. The third kappa shape index (κ3) is 2.24. The minimum absolute atomic E-state index is 0.0676. The van der Waals surface area contributed by atoms with Crippen LogP contribution in [0, 0.1) is 0 Å². The van der Waals surface area contributed by atoms with Crippen LogP contribution < -0.4 is 4.90 Å². The molecule has 0 bridgehead atoms. The molecule has 1 aromatic rings. The first-order valence-electron chi connectivity index (χ1n) is 7.04. The predicted molar refractivity (Wildman–Crippen MR) is 78.1 cm³/mol. The molecule has 0 radical (unpaired) electrons. The number of para-hydroxylation sites is 1. The summed E-state index contributed by atoms with van der Waals surface area (Å²) in [7, 11) is 0. The summed E-state index contributed by atoms with van der Waals surface area (Å²) in [5, 5.41) is 0. The van der Waals surface area contributed by atoms with Crippen molar-refractivity contribution in [2.45, 2.75) is 19.4 Å². The third-order valence-corrected chi connectivity index (χ3v) is 3.54. The molecule has 114 valence electrons. The first-order chi connectivity index (χ1) is 10.6. The molecule has 2 amide bonds. The number of guanidine groups is 1. The summed E-state index contributed by atoms with van der Waals surface area (Å²) >= 11 is 0. The molecular weight excluding hydrogens is 286 g/mol. The highest BCUT2D eigenvalue weighted by atomic mass is 16.5. The van der Waals surface area contributed by atoms with Crippen LogP contribution in [0.4, 0.5) is 5.69 Å². The van der Waals surface area contributed by atoms with Gasteiger partial charge in [-0.25, -0.2) is 9.79 Å². The SMILES string of the molecule is CCOC(=O)C1CC(=O)N(c2ccccc2)C2=NCC(=O)N21. The normalized spacial score (nSPS) is 20.8. The molecular formula is C15H15N3O4. The van der Waals surface area contributed by atoms with Crippen molar-refractivity contribution in [3.8, 4) is 0 Å². The number of rotatable bonds is 3. The van der Waals surface area contributed by atoms with Crippen LogP contribution in [0.3, 0.4) is 0 Å². The van der Waals surface area contributed by atoms with Gasteiger partial charge in [-0.1, -0.05) is 18.2 Å². The van der Waals surface area contributed by atoms with Gasteiger partial charge in [0.1, 0.15) is 12.6 Å². The molecule has 1 unspecified atom stereocenters. The van der Waals surface area contributed by atoms with Crippen LogP contribution in [0.5, 0.6) is 0 Å². The van der Waals surface area contributed by atoms with Crippen LogP contribution in [0.1, 0.15) is 13.3 Å². The lowest BCUT2D eigenvalue weighted by Gasteiger charge is -2.37. The molecule has 2 heterocycles. The number of amides is 2. The van der Waals surface area contributed by atoms with E-state index in [2.05, 4.69) is 4.99 Å². The Hall–Kier alpha value is -2.70. The van der Waals surface area contributed by atoms with E-state index in [9.17, 15) is 14.4 Å². The van der Waals surface area contributed by atoms with E-state index in [1.807, 2.05) is 6.07 Å². The van der Waals surface area contributed by atoms with Gasteiger partial charge in [0.2, 0.25) is 11.9 Å². The summed E-state index contributed by atoms with van der Waals surface area (Å²) in [6.07, 6.45) is -0.113. The number of aliphatic imine (C=N–C) groups is 1. The number of nitrogens with zero attached hydrogens (tertiary/aromatic N) is 3. The Kier molecular flexibility index (Phi) is 3.62. The van der Waals surface area contributed by atoms with E-state index in [1.54, 1.807) is 31.2 Å². The predicted octanol–water partition coefficient (Wildman–Crippen LogP) is 0.553. The Labute approximate surface area is 127 Å². The minimum Gasteiger partial charge on any atom is -0.464 e. The van der Waals surface area contributed by atoms with E-state index in [-0.39, 0.29) is 37.3 Å². The van der Waals surface area contributed by atoms with Crippen LogP contribution in [0.25, 0.3) is 0 Å². The number of carbonyl (C=O) groups excluding carboxylic acids is 3. The number of fused-ring (bicyclic) bond motifs is 1. The Balaban J connectivity index is 1.97. The van der Waals surface area contributed by atoms with Crippen molar-refractivity contribution in [1.82, 2.24) is 4.90 Å². The van der Waals surface area contributed by atoms with E-state index in [4.69, 9.17) is 4.74 Å². The van der Waals surface area contributed by atoms with E-state index in [0.29, 0.717) is 5.69 Å². The van der Waals surface area contributed by atoms with Gasteiger partial charge in [-0.15, -0.1) is 0 Å². The quantitative estimate of drug-likeness (QED) is 0.764. The number of esters is 1. The van der Waals surface area contributed by atoms with Gasteiger partial charge in [-0.3, -0.25) is 19.4 Å². The fourth-order valence-electron chi connectivity index (χ4n) is 2.62. The van der Waals surface area contributed by atoms with Gasteiger partial charge in [0.15, 0.2) is 0 Å². The Morgan fingerprint density at radius 1 is 1.27 bits per heavy atom. The molecule has 1 atom stereocenters. The number of carbonyl (C=O) groups is 3. The van der Waals surface area contributed by atoms with E-state index >= 15 is 0 Å². The fourth-order valence-corrected chi connectivity index (χ4v) is 2.62. The van der Waals surface area contributed by atoms with Crippen molar-refractivity contribution < 1.29 is 19.1 Å². The van der Waals surface area contributed by atoms with Crippen LogP contribution in [0.15, 0.2) is 35.3 Å². The van der Waals surface area contributed by atoms with Crippen LogP contribution >= 0.6 is 0 Å². The number of benzene rings is 1. The van der Waals surface area contributed by atoms with Crippen LogP contribution in [-0.4, -0.2) is 47.8 Å². The van der Waals surface area contributed by atoms with Gasteiger partial charge in [-0.05, 0) is 19.1 Å². The molecule has 1 saturated heterocycles. The number of hydrogen-bond acceptors (Lipinski definition) is 5. The lowest BCUT2D eigenvalue weighted by molar-refractivity contribution is -0.153. The fraction of sp³-hybridized carbons (Fsp3) is 0.333. The smallest absolute Gasteiger partial charge is 0.329 e. The van der Waals surface area contributed by atoms with Gasteiger partial charge in [0.05, 0.1) is 18.7 Å². The van der Waals surface area contributed by atoms with Gasteiger partial charge in [0.25, 0.3) is 5.91 Å². The summed E-state index contributed by atoms with van der Waals surface area (Å²) < 4.78 is 4.97. The Morgan fingerprint density at radius 2 is 2.00 bits per heavy atom. The highest BCUT2D eigenvalue weighted by molar-refractivity contribution is 6.25. The summed E-state index contributed by atoms with van der Waals surface area (Å²) in [4.78, 5) is 43.3. The van der Waals surface area contributed by atoms with Gasteiger partial charge >= 0.3 is 5.97 Å². The topological polar surface area (TPSA) is 79.3 Å². The van der Waals surface area contributed by atoms with E-state index in [1.165, 1.54) is 9.80 Å². The molecule has 0 N–H and O–H groups in total. The first-order valence-corrected chi connectivity index (χ1v) is 7.04. The van der Waals surface area contributed by atoms with Crippen molar-refractivity contribution in [2.75, 3.05) is 18.1 Å². The van der Waals surface area contributed by atoms with E-state index in [0.717, 1.165) is 0 Å². The Bertz CT molecular complexity index is 656. The molecule has 1 fully saturated rings. The van der Waals surface area contributed by atoms with E-state index < -0.39 is 12.0 Å². The molecule has 3 rings (SSSR count).